The van der Waals surface area contributed by atoms with Crippen LogP contribution in [0.2, 0.25) is 0 Å². The molecule has 21 heavy (non-hydrogen) atoms. The summed E-state index contributed by atoms with van der Waals surface area (Å²) in [6.07, 6.45) is 2.34. The zero-order valence-corrected chi connectivity index (χ0v) is 16.7. The lowest BCUT2D eigenvalue weighted by molar-refractivity contribution is -0.128. The van der Waals surface area contributed by atoms with E-state index in [2.05, 4.69) is 34.8 Å². The van der Waals surface area contributed by atoms with Gasteiger partial charge in [-0.2, -0.15) is 0 Å². The SMILES string of the molecule is CCC(CC)CNC(=NC)NCCNC(=O)C(C)(C)C.I. The average Bonchev–Trinajstić information content (AvgIpc) is 2.40. The zero-order chi connectivity index (χ0) is 15.6. The molecule has 126 valence electrons. The molecule has 0 bridgehead atoms. The van der Waals surface area contributed by atoms with E-state index in [0.29, 0.717) is 19.0 Å². The van der Waals surface area contributed by atoms with Gasteiger partial charge in [0.2, 0.25) is 5.91 Å². The summed E-state index contributed by atoms with van der Waals surface area (Å²) >= 11 is 0. The number of carbonyl (C=O) groups excluding carboxylic acids is 1. The molecule has 0 aromatic rings. The lowest BCUT2D eigenvalue weighted by atomic mass is 9.96. The molecule has 0 atom stereocenters. The highest BCUT2D eigenvalue weighted by molar-refractivity contribution is 14.0. The van der Waals surface area contributed by atoms with Crippen LogP contribution >= 0.6 is 24.0 Å². The monoisotopic (exact) mass is 412 g/mol. The number of guanidine groups is 1. The van der Waals surface area contributed by atoms with Crippen molar-refractivity contribution in [3.8, 4) is 0 Å². The van der Waals surface area contributed by atoms with Crippen molar-refractivity contribution < 1.29 is 4.79 Å². The van der Waals surface area contributed by atoms with Crippen molar-refractivity contribution in [3.05, 3.63) is 0 Å². The smallest absolute Gasteiger partial charge is 0.225 e. The molecule has 0 aliphatic rings. The molecule has 0 aromatic heterocycles. The number of nitrogens with zero attached hydrogens (tertiary/aromatic N) is 1. The van der Waals surface area contributed by atoms with Gasteiger partial charge in [0.1, 0.15) is 0 Å². The van der Waals surface area contributed by atoms with E-state index >= 15 is 0 Å². The molecule has 5 nitrogen and oxygen atoms in total. The Kier molecular flexibility index (Phi) is 13.1. The minimum Gasteiger partial charge on any atom is -0.356 e. The first kappa shape index (κ1) is 22.7. The second-order valence-electron chi connectivity index (χ2n) is 6.07. The molecule has 0 saturated heterocycles. The van der Waals surface area contributed by atoms with Crippen molar-refractivity contribution in [1.82, 2.24) is 16.0 Å². The lowest BCUT2D eigenvalue weighted by Crippen LogP contribution is -2.44. The molecular formula is C15H33IN4O. The first-order valence-corrected chi connectivity index (χ1v) is 7.57. The molecule has 0 heterocycles. The summed E-state index contributed by atoms with van der Waals surface area (Å²) in [5.41, 5.74) is -0.338. The van der Waals surface area contributed by atoms with E-state index in [1.807, 2.05) is 20.8 Å². The van der Waals surface area contributed by atoms with E-state index in [1.54, 1.807) is 7.05 Å². The highest BCUT2D eigenvalue weighted by atomic mass is 127. The van der Waals surface area contributed by atoms with Crippen LogP contribution in [0.1, 0.15) is 47.5 Å². The maximum absolute atomic E-state index is 11.7. The molecule has 0 aliphatic carbocycles. The van der Waals surface area contributed by atoms with Gasteiger partial charge in [-0.3, -0.25) is 9.79 Å². The fourth-order valence-corrected chi connectivity index (χ4v) is 1.66. The quantitative estimate of drug-likeness (QED) is 0.260. The van der Waals surface area contributed by atoms with Crippen LogP contribution in [0.4, 0.5) is 0 Å². The fraction of sp³-hybridized carbons (Fsp3) is 0.867. The van der Waals surface area contributed by atoms with Crippen LogP contribution in [0.25, 0.3) is 0 Å². The van der Waals surface area contributed by atoms with E-state index in [0.717, 1.165) is 12.5 Å². The molecule has 0 radical (unpaired) electrons. The van der Waals surface area contributed by atoms with Crippen LogP contribution in [0, 0.1) is 11.3 Å². The minimum absolute atomic E-state index is 0. The number of halogens is 1. The van der Waals surface area contributed by atoms with E-state index in [-0.39, 0.29) is 35.3 Å². The summed E-state index contributed by atoms with van der Waals surface area (Å²) in [4.78, 5) is 15.9. The van der Waals surface area contributed by atoms with E-state index in [1.165, 1.54) is 12.8 Å². The van der Waals surface area contributed by atoms with Crippen LogP contribution in [0.5, 0.6) is 0 Å². The summed E-state index contributed by atoms with van der Waals surface area (Å²) in [5.74, 6) is 1.54. The summed E-state index contributed by atoms with van der Waals surface area (Å²) in [6.45, 7) is 12.3. The van der Waals surface area contributed by atoms with Crippen LogP contribution in [-0.4, -0.2) is 38.5 Å². The Morgan fingerprint density at radius 3 is 2.00 bits per heavy atom. The van der Waals surface area contributed by atoms with Gasteiger partial charge in [-0.1, -0.05) is 47.5 Å². The average molecular weight is 412 g/mol. The van der Waals surface area contributed by atoms with E-state index < -0.39 is 0 Å². The van der Waals surface area contributed by atoms with Crippen LogP contribution in [0.3, 0.4) is 0 Å². The fourth-order valence-electron chi connectivity index (χ4n) is 1.66. The third-order valence-electron chi connectivity index (χ3n) is 3.32. The Labute approximate surface area is 147 Å². The molecule has 0 fully saturated rings. The van der Waals surface area contributed by atoms with Crippen molar-refractivity contribution in [2.75, 3.05) is 26.7 Å². The van der Waals surface area contributed by atoms with Crippen LogP contribution < -0.4 is 16.0 Å². The van der Waals surface area contributed by atoms with Gasteiger partial charge >= 0.3 is 0 Å². The van der Waals surface area contributed by atoms with Gasteiger partial charge in [-0.25, -0.2) is 0 Å². The zero-order valence-electron chi connectivity index (χ0n) is 14.4. The van der Waals surface area contributed by atoms with Gasteiger partial charge < -0.3 is 16.0 Å². The van der Waals surface area contributed by atoms with Gasteiger partial charge in [0.05, 0.1) is 0 Å². The predicted octanol–water partition coefficient (Wildman–Crippen LogP) is 2.37. The summed E-state index contributed by atoms with van der Waals surface area (Å²) in [5, 5.41) is 9.42. The lowest BCUT2D eigenvalue weighted by Gasteiger charge is -2.19. The second kappa shape index (κ2) is 12.1. The molecule has 0 rings (SSSR count). The molecule has 0 aromatic carbocycles. The van der Waals surface area contributed by atoms with Crippen molar-refractivity contribution >= 4 is 35.8 Å². The second-order valence-corrected chi connectivity index (χ2v) is 6.07. The third kappa shape index (κ3) is 10.8. The maximum atomic E-state index is 11.7. The molecule has 3 N–H and O–H groups in total. The van der Waals surface area contributed by atoms with Gasteiger partial charge in [0, 0.05) is 32.1 Å². The van der Waals surface area contributed by atoms with Crippen molar-refractivity contribution in [3.63, 3.8) is 0 Å². The third-order valence-corrected chi connectivity index (χ3v) is 3.32. The van der Waals surface area contributed by atoms with Gasteiger partial charge in [-0.05, 0) is 5.92 Å². The number of aliphatic imine (C=N–C) groups is 1. The highest BCUT2D eigenvalue weighted by Gasteiger charge is 2.20. The number of rotatable bonds is 7. The predicted molar refractivity (Wildman–Crippen MR) is 101 cm³/mol. The molecule has 0 aliphatic heterocycles. The largest absolute Gasteiger partial charge is 0.356 e. The Morgan fingerprint density at radius 1 is 1.05 bits per heavy atom. The summed E-state index contributed by atoms with van der Waals surface area (Å²) in [6, 6.07) is 0. The van der Waals surface area contributed by atoms with Crippen molar-refractivity contribution in [1.29, 1.82) is 0 Å². The number of hydrogen-bond acceptors (Lipinski definition) is 2. The van der Waals surface area contributed by atoms with E-state index in [9.17, 15) is 4.79 Å². The minimum atomic E-state index is -0.338. The Morgan fingerprint density at radius 2 is 1.57 bits per heavy atom. The molecule has 0 spiro atoms. The molecule has 0 saturated carbocycles. The van der Waals surface area contributed by atoms with Gasteiger partial charge in [-0.15, -0.1) is 24.0 Å². The molecule has 6 heteroatoms. The number of amides is 1. The number of hydrogen-bond donors (Lipinski definition) is 3. The number of nitrogens with one attached hydrogen (secondary N) is 3. The molecule has 1 amide bonds. The highest BCUT2D eigenvalue weighted by Crippen LogP contribution is 2.11. The number of carbonyl (C=O) groups is 1. The maximum Gasteiger partial charge on any atom is 0.225 e. The van der Waals surface area contributed by atoms with Crippen LogP contribution in [-0.2, 0) is 4.79 Å². The first-order chi connectivity index (χ1) is 9.35. The Hall–Kier alpha value is -0.530. The first-order valence-electron chi connectivity index (χ1n) is 7.57. The summed E-state index contributed by atoms with van der Waals surface area (Å²) < 4.78 is 0. The summed E-state index contributed by atoms with van der Waals surface area (Å²) in [7, 11) is 1.76. The van der Waals surface area contributed by atoms with Gasteiger partial charge in [0.15, 0.2) is 5.96 Å². The molecular weight excluding hydrogens is 379 g/mol. The topological polar surface area (TPSA) is 65.5 Å². The van der Waals surface area contributed by atoms with Gasteiger partial charge in [0.25, 0.3) is 0 Å². The van der Waals surface area contributed by atoms with Crippen LogP contribution in [0.15, 0.2) is 4.99 Å². The molecule has 0 unspecified atom stereocenters. The van der Waals surface area contributed by atoms with Crippen molar-refractivity contribution in [2.24, 2.45) is 16.3 Å². The Bertz CT molecular complexity index is 309. The normalized spacial score (nSPS) is 11.9. The van der Waals surface area contributed by atoms with Crippen molar-refractivity contribution in [2.45, 2.75) is 47.5 Å². The Balaban J connectivity index is 0. The standard InChI is InChI=1S/C15H32N4O.HI/c1-7-12(8-2)11-19-14(16-6)18-10-9-17-13(20)15(3,4)5;/h12H,7-11H2,1-6H3,(H,17,20)(H2,16,18,19);1H. The van der Waals surface area contributed by atoms with E-state index in [4.69, 9.17) is 0 Å².